The molecular weight excluding hydrogens is 423 g/mol. The molecule has 1 atom stereocenters. The normalized spacial score (nSPS) is 18.1. The lowest BCUT2D eigenvalue weighted by Gasteiger charge is -2.26. The number of hydrogen-bond donors (Lipinski definition) is 1. The fourth-order valence-corrected chi connectivity index (χ4v) is 3.75. The first-order valence-corrected chi connectivity index (χ1v) is 10.2. The summed E-state index contributed by atoms with van der Waals surface area (Å²) in [6.07, 6.45) is 0. The van der Waals surface area contributed by atoms with Crippen LogP contribution in [-0.2, 0) is 9.59 Å². The molecule has 164 valence electrons. The number of aliphatic hydroxyl groups excluding tert-OH is 1. The van der Waals surface area contributed by atoms with Crippen molar-refractivity contribution >= 4 is 29.1 Å². The molecular formula is C23H24ClFN2O4. The van der Waals surface area contributed by atoms with Gasteiger partial charge in [-0.2, -0.15) is 0 Å². The van der Waals surface area contributed by atoms with Gasteiger partial charge in [-0.15, -0.1) is 0 Å². The Labute approximate surface area is 185 Å². The maximum atomic E-state index is 14.7. The quantitative estimate of drug-likeness (QED) is 0.397. The van der Waals surface area contributed by atoms with Gasteiger partial charge < -0.3 is 19.6 Å². The third kappa shape index (κ3) is 4.57. The Bertz CT molecular complexity index is 1040. The Morgan fingerprint density at radius 3 is 2.55 bits per heavy atom. The Balaban J connectivity index is 2.15. The molecule has 31 heavy (non-hydrogen) atoms. The van der Waals surface area contributed by atoms with Crippen molar-refractivity contribution in [2.24, 2.45) is 0 Å². The molecule has 6 nitrogen and oxygen atoms in total. The summed E-state index contributed by atoms with van der Waals surface area (Å²) in [5.41, 5.74) is 0.202. The van der Waals surface area contributed by atoms with Gasteiger partial charge in [-0.25, -0.2) is 4.39 Å². The first-order valence-electron chi connectivity index (χ1n) is 9.86. The maximum Gasteiger partial charge on any atom is 0.295 e. The predicted octanol–water partition coefficient (Wildman–Crippen LogP) is 3.86. The van der Waals surface area contributed by atoms with Crippen molar-refractivity contribution in [3.8, 4) is 5.75 Å². The second kappa shape index (κ2) is 9.49. The van der Waals surface area contributed by atoms with E-state index in [4.69, 9.17) is 16.3 Å². The molecule has 1 unspecified atom stereocenters. The fraction of sp³-hybridized carbons (Fsp3) is 0.304. The van der Waals surface area contributed by atoms with Crippen LogP contribution in [0.1, 0.15) is 24.1 Å². The van der Waals surface area contributed by atoms with E-state index in [1.54, 1.807) is 12.1 Å². The average Bonchev–Trinajstić information content (AvgIpc) is 2.98. The summed E-state index contributed by atoms with van der Waals surface area (Å²) in [6, 6.07) is 9.43. The highest BCUT2D eigenvalue weighted by Crippen LogP contribution is 2.40. The topological polar surface area (TPSA) is 70.1 Å². The van der Waals surface area contributed by atoms with Crippen LogP contribution >= 0.6 is 11.6 Å². The van der Waals surface area contributed by atoms with Gasteiger partial charge in [-0.1, -0.05) is 29.8 Å². The van der Waals surface area contributed by atoms with Gasteiger partial charge in [0.25, 0.3) is 11.7 Å². The van der Waals surface area contributed by atoms with Gasteiger partial charge >= 0.3 is 0 Å². The molecule has 2 aromatic rings. The van der Waals surface area contributed by atoms with Gasteiger partial charge in [0.2, 0.25) is 0 Å². The first kappa shape index (κ1) is 22.8. The highest BCUT2D eigenvalue weighted by molar-refractivity contribution is 6.46. The molecule has 0 radical (unpaired) electrons. The molecule has 1 amide bonds. The molecule has 1 saturated heterocycles. The van der Waals surface area contributed by atoms with Crippen molar-refractivity contribution in [1.29, 1.82) is 0 Å². The Morgan fingerprint density at radius 2 is 1.94 bits per heavy atom. The van der Waals surface area contributed by atoms with Crippen LogP contribution < -0.4 is 4.74 Å². The van der Waals surface area contributed by atoms with Crippen LogP contribution in [0.15, 0.2) is 48.0 Å². The molecule has 3 rings (SSSR count). The van der Waals surface area contributed by atoms with Crippen molar-refractivity contribution in [3.05, 3.63) is 70.0 Å². The van der Waals surface area contributed by atoms with E-state index in [1.165, 1.54) is 35.2 Å². The van der Waals surface area contributed by atoms with Gasteiger partial charge in [-0.3, -0.25) is 9.59 Å². The predicted molar refractivity (Wildman–Crippen MR) is 117 cm³/mol. The van der Waals surface area contributed by atoms with Crippen molar-refractivity contribution < 1.29 is 23.8 Å². The average molecular weight is 447 g/mol. The zero-order valence-corrected chi connectivity index (χ0v) is 18.3. The van der Waals surface area contributed by atoms with Crippen LogP contribution in [0.4, 0.5) is 4.39 Å². The minimum absolute atomic E-state index is 0.138. The lowest BCUT2D eigenvalue weighted by Crippen LogP contribution is -2.35. The Kier molecular flexibility index (Phi) is 6.97. The van der Waals surface area contributed by atoms with Crippen molar-refractivity contribution in [2.45, 2.75) is 13.0 Å². The molecule has 1 N–H and O–H groups in total. The number of amides is 1. The Morgan fingerprint density at radius 1 is 1.23 bits per heavy atom. The molecule has 0 spiro atoms. The monoisotopic (exact) mass is 446 g/mol. The number of Topliss-reactive ketones (excluding diaryl/α,β-unsaturated/α-hetero) is 1. The lowest BCUT2D eigenvalue weighted by atomic mass is 9.95. The van der Waals surface area contributed by atoms with Crippen LogP contribution in [0, 0.1) is 5.82 Å². The molecule has 1 heterocycles. The molecule has 0 saturated carbocycles. The highest BCUT2D eigenvalue weighted by Gasteiger charge is 2.46. The number of rotatable bonds is 7. The van der Waals surface area contributed by atoms with E-state index in [0.717, 1.165) is 0 Å². The zero-order chi connectivity index (χ0) is 22.7. The molecule has 1 fully saturated rings. The number of aliphatic hydroxyl groups is 1. The molecule has 8 heteroatoms. The van der Waals surface area contributed by atoms with E-state index in [0.29, 0.717) is 18.9 Å². The summed E-state index contributed by atoms with van der Waals surface area (Å²) in [5, 5.41) is 11.3. The summed E-state index contributed by atoms with van der Waals surface area (Å²) in [6.45, 7) is 2.88. The van der Waals surface area contributed by atoms with Gasteiger partial charge in [-0.05, 0) is 45.3 Å². The molecule has 1 aliphatic rings. The number of ketones is 1. The number of benzene rings is 2. The number of carbonyl (C=O) groups excluding carboxylic acids is 2. The van der Waals surface area contributed by atoms with E-state index in [1.807, 2.05) is 25.9 Å². The first-order chi connectivity index (χ1) is 14.8. The third-order valence-corrected chi connectivity index (χ3v) is 5.33. The largest absolute Gasteiger partial charge is 0.507 e. The van der Waals surface area contributed by atoms with Gasteiger partial charge in [0, 0.05) is 24.2 Å². The minimum Gasteiger partial charge on any atom is -0.507 e. The third-order valence-electron chi connectivity index (χ3n) is 5.03. The molecule has 1 aliphatic heterocycles. The second-order valence-electron chi connectivity index (χ2n) is 7.40. The molecule has 2 aromatic carbocycles. The smallest absolute Gasteiger partial charge is 0.295 e. The minimum atomic E-state index is -1.05. The molecule has 0 bridgehead atoms. The number of ether oxygens (including phenoxy) is 1. The maximum absolute atomic E-state index is 14.7. The summed E-state index contributed by atoms with van der Waals surface area (Å²) in [5.74, 6) is -2.20. The summed E-state index contributed by atoms with van der Waals surface area (Å²) >= 11 is 6.23. The SMILES string of the molecule is CCOc1ccc(C(O)=C2C(=O)C(=O)N(CCN(C)C)C2c2ccccc2F)cc1Cl. The standard InChI is InChI=1S/C23H24ClFN2O4/c1-4-31-18-10-9-14(13-16(18)24)21(28)19-20(15-7-5-6-8-17(15)25)27(12-11-26(2)3)23(30)22(19)29/h5-10,13,20,28H,4,11-12H2,1-3H3. The van der Waals surface area contributed by atoms with E-state index < -0.39 is 29.3 Å². The molecule has 0 aromatic heterocycles. The lowest BCUT2D eigenvalue weighted by molar-refractivity contribution is -0.140. The highest BCUT2D eigenvalue weighted by atomic mass is 35.5. The van der Waals surface area contributed by atoms with Crippen LogP contribution in [0.25, 0.3) is 5.76 Å². The number of likely N-dealkylation sites (N-methyl/N-ethyl adjacent to an activating group) is 1. The van der Waals surface area contributed by atoms with E-state index in [-0.39, 0.29) is 28.3 Å². The summed E-state index contributed by atoms with van der Waals surface area (Å²) in [7, 11) is 3.66. The van der Waals surface area contributed by atoms with E-state index >= 15 is 0 Å². The van der Waals surface area contributed by atoms with E-state index in [2.05, 4.69) is 0 Å². The number of likely N-dealkylation sites (tertiary alicyclic amines) is 1. The van der Waals surface area contributed by atoms with Gasteiger partial charge in [0.05, 0.1) is 23.2 Å². The summed E-state index contributed by atoms with van der Waals surface area (Å²) < 4.78 is 20.1. The van der Waals surface area contributed by atoms with Crippen molar-refractivity contribution in [1.82, 2.24) is 9.80 Å². The van der Waals surface area contributed by atoms with Crippen LogP contribution in [0.2, 0.25) is 5.02 Å². The number of halogens is 2. The number of carbonyl (C=O) groups is 2. The van der Waals surface area contributed by atoms with E-state index in [9.17, 15) is 19.1 Å². The summed E-state index contributed by atoms with van der Waals surface area (Å²) in [4.78, 5) is 28.9. The van der Waals surface area contributed by atoms with Crippen LogP contribution in [0.3, 0.4) is 0 Å². The van der Waals surface area contributed by atoms with Crippen molar-refractivity contribution in [3.63, 3.8) is 0 Å². The van der Waals surface area contributed by atoms with Gasteiger partial charge in [0.15, 0.2) is 0 Å². The zero-order valence-electron chi connectivity index (χ0n) is 17.6. The number of nitrogens with zero attached hydrogens (tertiary/aromatic N) is 2. The number of hydrogen-bond acceptors (Lipinski definition) is 5. The Hall–Kier alpha value is -2.90. The van der Waals surface area contributed by atoms with Gasteiger partial charge in [0.1, 0.15) is 17.3 Å². The second-order valence-corrected chi connectivity index (χ2v) is 7.80. The van der Waals surface area contributed by atoms with Crippen LogP contribution in [0.5, 0.6) is 5.75 Å². The fourth-order valence-electron chi connectivity index (χ4n) is 3.51. The van der Waals surface area contributed by atoms with Crippen molar-refractivity contribution in [2.75, 3.05) is 33.8 Å². The van der Waals surface area contributed by atoms with Crippen LogP contribution in [-0.4, -0.2) is 60.4 Å². The molecule has 0 aliphatic carbocycles.